The topological polar surface area (TPSA) is 17.8 Å². The third-order valence-electron chi connectivity index (χ3n) is 8.45. The van der Waals surface area contributed by atoms with Gasteiger partial charge in [-0.2, -0.15) is 0 Å². The predicted molar refractivity (Wildman–Crippen MR) is 193 cm³/mol. The Balaban J connectivity index is 0.000000181. The van der Waals surface area contributed by atoms with Crippen LogP contribution < -0.4 is 16.4 Å². The smallest absolute Gasteiger partial charge is 0.241 e. The van der Waals surface area contributed by atoms with Crippen molar-refractivity contribution < 1.29 is 0 Å². The molecule has 6 rings (SSSR count). The summed E-state index contributed by atoms with van der Waals surface area (Å²) in [5.74, 6) is 0. The van der Waals surface area contributed by atoms with E-state index in [2.05, 4.69) is 193 Å². The van der Waals surface area contributed by atoms with Gasteiger partial charge in [0.05, 0.1) is 20.3 Å². The van der Waals surface area contributed by atoms with Gasteiger partial charge in [-0.25, -0.2) is 4.98 Å². The van der Waals surface area contributed by atoms with Gasteiger partial charge in [-0.3, -0.25) is 0 Å². The number of hydrogen-bond acceptors (Lipinski definition) is 1. The van der Waals surface area contributed by atoms with Gasteiger partial charge in [0.15, 0.2) is 0 Å². The summed E-state index contributed by atoms with van der Waals surface area (Å²) in [7, 11) is -1.26. The first kappa shape index (κ1) is 30.8. The Morgan fingerprint density at radius 3 is 1.41 bits per heavy atom. The van der Waals surface area contributed by atoms with Crippen molar-refractivity contribution in [2.75, 3.05) is 0 Å². The summed E-state index contributed by atoms with van der Waals surface area (Å²) in [6.45, 7) is 4.90. The minimum absolute atomic E-state index is 0.124. The lowest BCUT2D eigenvalue weighted by molar-refractivity contribution is 0.580. The summed E-state index contributed by atoms with van der Waals surface area (Å²) in [6.07, 6.45) is 11.6. The van der Waals surface area contributed by atoms with Crippen LogP contribution in [0.15, 0.2) is 183 Å². The zero-order valence-corrected chi connectivity index (χ0v) is 26.9. The summed E-state index contributed by atoms with van der Waals surface area (Å²) in [5, 5.41) is -0.124. The maximum atomic E-state index is 4.39. The zero-order chi connectivity index (χ0) is 30.5. The monoisotopic (exact) mass is 588 g/mol. The van der Waals surface area contributed by atoms with E-state index in [0.29, 0.717) is 6.71 Å². The maximum Gasteiger partial charge on any atom is 0.241 e. The van der Waals surface area contributed by atoms with Crippen molar-refractivity contribution in [2.24, 2.45) is 0 Å². The highest BCUT2D eigenvalue weighted by Crippen LogP contribution is 2.38. The Morgan fingerprint density at radius 1 is 0.636 bits per heavy atom. The van der Waals surface area contributed by atoms with E-state index >= 15 is 0 Å². The molecule has 0 bridgehead atoms. The molecule has 0 N–H and O–H groups in total. The van der Waals surface area contributed by atoms with E-state index in [-0.39, 0.29) is 5.16 Å². The number of nitrogens with zero attached hydrogens (tertiary/aromatic N) is 2. The van der Waals surface area contributed by atoms with Crippen LogP contribution in [0.2, 0.25) is 12.6 Å². The van der Waals surface area contributed by atoms with Crippen LogP contribution >= 0.6 is 0 Å². The minimum atomic E-state index is -1.26. The Hall–Kier alpha value is -4.67. The maximum absolute atomic E-state index is 4.39. The average Bonchev–Trinajstić information content (AvgIpc) is 3.64. The van der Waals surface area contributed by atoms with E-state index in [4.69, 9.17) is 0 Å². The number of imidazole rings is 1. The highest BCUT2D eigenvalue weighted by atomic mass is 28.3. The van der Waals surface area contributed by atoms with Crippen LogP contribution in [-0.4, -0.2) is 25.1 Å². The molecule has 6 aromatic rings. The lowest BCUT2D eigenvalue weighted by atomic mass is 9.37. The number of benzene rings is 5. The first-order valence-electron chi connectivity index (χ1n) is 15.6. The normalized spacial score (nSPS) is 11.9. The molecule has 2 nitrogen and oxygen atoms in total. The lowest BCUT2D eigenvalue weighted by Crippen LogP contribution is -2.51. The molecular formula is C40H41BN2Si. The second-order valence-electron chi connectivity index (χ2n) is 11.2. The fourth-order valence-electron chi connectivity index (χ4n) is 6.38. The van der Waals surface area contributed by atoms with Gasteiger partial charge in [-0.15, -0.1) is 0 Å². The SMILES string of the molecule is CC=CCC[SiH](C)C(c1ccccc1)(c1ccccc1)n1ccnc1.c1ccc(B(c2ccccc2)c2ccccc2)cc1. The summed E-state index contributed by atoms with van der Waals surface area (Å²) in [5.41, 5.74) is 6.72. The van der Waals surface area contributed by atoms with Gasteiger partial charge in [0, 0.05) is 12.4 Å². The van der Waals surface area contributed by atoms with Crippen molar-refractivity contribution in [1.29, 1.82) is 0 Å². The van der Waals surface area contributed by atoms with Gasteiger partial charge in [0.25, 0.3) is 0 Å². The molecular weight excluding hydrogens is 547 g/mol. The molecule has 1 unspecified atom stereocenters. The Morgan fingerprint density at radius 2 is 1.05 bits per heavy atom. The van der Waals surface area contributed by atoms with Gasteiger partial charge in [0.2, 0.25) is 6.71 Å². The first-order chi connectivity index (χ1) is 21.7. The Bertz CT molecular complexity index is 1520. The van der Waals surface area contributed by atoms with Gasteiger partial charge in [-0.1, -0.05) is 193 Å². The largest absolute Gasteiger partial charge is 0.326 e. The van der Waals surface area contributed by atoms with Crippen LogP contribution in [0.1, 0.15) is 24.5 Å². The third kappa shape index (κ3) is 7.10. The fourth-order valence-corrected chi connectivity index (χ4v) is 9.67. The van der Waals surface area contributed by atoms with Crippen molar-refractivity contribution in [2.45, 2.75) is 31.1 Å². The molecule has 0 saturated carbocycles. The van der Waals surface area contributed by atoms with Crippen LogP contribution in [0, 0.1) is 0 Å². The fraction of sp³-hybridized carbons (Fsp3) is 0.125. The summed E-state index contributed by atoms with van der Waals surface area (Å²) < 4.78 is 2.34. The highest BCUT2D eigenvalue weighted by Gasteiger charge is 2.41. The van der Waals surface area contributed by atoms with E-state index in [1.54, 1.807) is 0 Å². The number of allylic oxidation sites excluding steroid dienone is 2. The number of hydrogen-bond donors (Lipinski definition) is 0. The van der Waals surface area contributed by atoms with Crippen LogP contribution in [0.4, 0.5) is 0 Å². The first-order valence-corrected chi connectivity index (χ1v) is 18.2. The molecule has 0 saturated heterocycles. The van der Waals surface area contributed by atoms with Crippen molar-refractivity contribution in [3.8, 4) is 0 Å². The molecule has 0 fully saturated rings. The molecule has 0 aliphatic rings. The van der Waals surface area contributed by atoms with Crippen LogP contribution in [0.3, 0.4) is 0 Å². The molecule has 4 heteroatoms. The summed E-state index contributed by atoms with van der Waals surface area (Å²) in [4.78, 5) is 4.39. The second kappa shape index (κ2) is 15.7. The minimum Gasteiger partial charge on any atom is -0.326 e. The van der Waals surface area contributed by atoms with Gasteiger partial charge >= 0.3 is 0 Å². The van der Waals surface area contributed by atoms with E-state index in [0.717, 1.165) is 6.42 Å². The van der Waals surface area contributed by atoms with Crippen LogP contribution in [-0.2, 0) is 5.16 Å². The van der Waals surface area contributed by atoms with E-state index in [9.17, 15) is 0 Å². The molecule has 0 aliphatic carbocycles. The molecule has 0 aliphatic heterocycles. The summed E-state index contributed by atoms with van der Waals surface area (Å²) >= 11 is 0. The van der Waals surface area contributed by atoms with E-state index in [1.807, 2.05) is 12.5 Å². The zero-order valence-electron chi connectivity index (χ0n) is 25.8. The highest BCUT2D eigenvalue weighted by molar-refractivity contribution is 6.95. The number of aromatic nitrogens is 2. The molecule has 5 aromatic carbocycles. The molecule has 1 heterocycles. The Kier molecular flexibility index (Phi) is 11.0. The quantitative estimate of drug-likeness (QED) is 0.122. The molecule has 0 spiro atoms. The molecule has 0 amide bonds. The predicted octanol–water partition coefficient (Wildman–Crippen LogP) is 7.24. The molecule has 0 radical (unpaired) electrons. The Labute approximate surface area is 265 Å². The van der Waals surface area contributed by atoms with Crippen LogP contribution in [0.5, 0.6) is 0 Å². The van der Waals surface area contributed by atoms with Crippen molar-refractivity contribution in [3.05, 3.63) is 194 Å². The lowest BCUT2D eigenvalue weighted by Gasteiger charge is -2.41. The van der Waals surface area contributed by atoms with Crippen molar-refractivity contribution in [1.82, 2.24) is 9.55 Å². The van der Waals surface area contributed by atoms with Crippen LogP contribution in [0.25, 0.3) is 0 Å². The van der Waals surface area contributed by atoms with E-state index < -0.39 is 8.80 Å². The van der Waals surface area contributed by atoms with Crippen molar-refractivity contribution >= 4 is 31.9 Å². The van der Waals surface area contributed by atoms with Gasteiger partial charge in [0.1, 0.15) is 0 Å². The second-order valence-corrected chi connectivity index (χ2v) is 14.4. The summed E-state index contributed by atoms with van der Waals surface area (Å²) in [6, 6.07) is 55.1. The van der Waals surface area contributed by atoms with Crippen molar-refractivity contribution in [3.63, 3.8) is 0 Å². The average molecular weight is 589 g/mol. The number of rotatable bonds is 10. The standard InChI is InChI=1S/C22H26N2Si.C18H15B/c1-3-4-11-18-25(2)22(24-17-16-23-19-24,20-12-7-5-8-13-20)21-14-9-6-10-15-21;1-4-10-16(11-5-1)19(17-12-6-2-7-13-17)18-14-8-3-9-15-18/h3-10,12-17,19,25H,11,18H2,1-2H3;1-15H. The molecule has 1 aromatic heterocycles. The van der Waals surface area contributed by atoms with Gasteiger partial charge in [-0.05, 0) is 24.5 Å². The third-order valence-corrected chi connectivity index (χ3v) is 12.0. The molecule has 218 valence electrons. The molecule has 1 atom stereocenters. The van der Waals surface area contributed by atoms with Gasteiger partial charge < -0.3 is 4.57 Å². The van der Waals surface area contributed by atoms with E-state index in [1.165, 1.54) is 33.6 Å². The molecule has 44 heavy (non-hydrogen) atoms.